The number of hydrogen-bond acceptors (Lipinski definition) is 2. The number of aryl methyl sites for hydroxylation is 1. The molecule has 22 heavy (non-hydrogen) atoms. The second-order valence-electron chi connectivity index (χ2n) is 6.85. The molecule has 1 aromatic rings. The standard InChI is InChI=1S/C19H28N2O/c1-15-7-5-8-16(13-15)18-10-3-2-4-12-21(18)19(22)17-9-6-11-20-14-17/h5,7-8,13,17-18,20H,2-4,6,9-12,14H2,1H3. The van der Waals surface area contributed by atoms with Crippen LogP contribution in [0, 0.1) is 12.8 Å². The van der Waals surface area contributed by atoms with Crippen molar-refractivity contribution in [2.45, 2.75) is 51.5 Å². The molecule has 2 fully saturated rings. The Morgan fingerprint density at radius 1 is 1.18 bits per heavy atom. The number of nitrogens with zero attached hydrogens (tertiary/aromatic N) is 1. The molecule has 1 amide bonds. The van der Waals surface area contributed by atoms with Crippen molar-refractivity contribution >= 4 is 5.91 Å². The molecule has 3 nitrogen and oxygen atoms in total. The highest BCUT2D eigenvalue weighted by Crippen LogP contribution is 2.32. The lowest BCUT2D eigenvalue weighted by Crippen LogP contribution is -2.44. The Bertz CT molecular complexity index is 508. The van der Waals surface area contributed by atoms with Gasteiger partial charge in [0, 0.05) is 13.1 Å². The topological polar surface area (TPSA) is 32.3 Å². The summed E-state index contributed by atoms with van der Waals surface area (Å²) in [7, 11) is 0. The van der Waals surface area contributed by atoms with Crippen LogP contribution in [0.5, 0.6) is 0 Å². The molecule has 1 aromatic carbocycles. The molecular formula is C19H28N2O. The van der Waals surface area contributed by atoms with Gasteiger partial charge in [-0.25, -0.2) is 0 Å². The first-order valence-electron chi connectivity index (χ1n) is 8.83. The lowest BCUT2D eigenvalue weighted by atomic mass is 9.94. The minimum absolute atomic E-state index is 0.180. The number of nitrogens with one attached hydrogen (secondary N) is 1. The zero-order chi connectivity index (χ0) is 15.4. The Morgan fingerprint density at radius 2 is 2.09 bits per heavy atom. The van der Waals surface area contributed by atoms with Crippen molar-refractivity contribution in [2.24, 2.45) is 5.92 Å². The van der Waals surface area contributed by atoms with E-state index in [1.54, 1.807) is 0 Å². The third kappa shape index (κ3) is 3.52. The molecule has 0 aromatic heterocycles. The summed E-state index contributed by atoms with van der Waals surface area (Å²) < 4.78 is 0. The van der Waals surface area contributed by atoms with Crippen LogP contribution in [0.1, 0.15) is 55.7 Å². The summed E-state index contributed by atoms with van der Waals surface area (Å²) in [5.74, 6) is 0.555. The van der Waals surface area contributed by atoms with E-state index in [9.17, 15) is 4.79 Å². The summed E-state index contributed by atoms with van der Waals surface area (Å²) in [6.07, 6.45) is 6.89. The first-order chi connectivity index (χ1) is 10.8. The van der Waals surface area contributed by atoms with E-state index in [0.29, 0.717) is 5.91 Å². The number of hydrogen-bond donors (Lipinski definition) is 1. The van der Waals surface area contributed by atoms with Crippen LogP contribution >= 0.6 is 0 Å². The maximum absolute atomic E-state index is 13.1. The molecule has 2 aliphatic rings. The van der Waals surface area contributed by atoms with E-state index in [0.717, 1.165) is 45.3 Å². The van der Waals surface area contributed by atoms with E-state index >= 15 is 0 Å². The fourth-order valence-corrected chi connectivity index (χ4v) is 3.89. The van der Waals surface area contributed by atoms with Gasteiger partial charge in [-0.1, -0.05) is 42.7 Å². The average Bonchev–Trinajstić information content (AvgIpc) is 2.81. The number of benzene rings is 1. The maximum atomic E-state index is 13.1. The Labute approximate surface area is 134 Å². The Morgan fingerprint density at radius 3 is 2.86 bits per heavy atom. The number of carbonyl (C=O) groups is 1. The van der Waals surface area contributed by atoms with Crippen LogP contribution in [0.2, 0.25) is 0 Å². The minimum atomic E-state index is 0.180. The van der Waals surface area contributed by atoms with Gasteiger partial charge in [-0.15, -0.1) is 0 Å². The number of likely N-dealkylation sites (tertiary alicyclic amines) is 1. The normalized spacial score (nSPS) is 26.5. The number of piperidine rings is 1. The van der Waals surface area contributed by atoms with Gasteiger partial charge in [0.05, 0.1) is 12.0 Å². The minimum Gasteiger partial charge on any atom is -0.335 e. The zero-order valence-corrected chi connectivity index (χ0v) is 13.7. The van der Waals surface area contributed by atoms with E-state index < -0.39 is 0 Å². The Kier molecular flexibility index (Phi) is 5.14. The van der Waals surface area contributed by atoms with Crippen LogP contribution in [0.25, 0.3) is 0 Å². The monoisotopic (exact) mass is 300 g/mol. The number of amides is 1. The SMILES string of the molecule is Cc1cccc(C2CCCCCN2C(=O)C2CCCNC2)c1. The van der Waals surface area contributed by atoms with Gasteiger partial charge in [-0.05, 0) is 44.7 Å². The molecule has 1 N–H and O–H groups in total. The molecule has 2 unspecified atom stereocenters. The van der Waals surface area contributed by atoms with Gasteiger partial charge in [0.2, 0.25) is 5.91 Å². The van der Waals surface area contributed by atoms with Crippen molar-refractivity contribution in [3.05, 3.63) is 35.4 Å². The zero-order valence-electron chi connectivity index (χ0n) is 13.7. The Balaban J connectivity index is 1.82. The van der Waals surface area contributed by atoms with E-state index in [4.69, 9.17) is 0 Å². The third-order valence-electron chi connectivity index (χ3n) is 5.11. The molecule has 0 bridgehead atoms. The predicted octanol–water partition coefficient (Wildman–Crippen LogP) is 3.44. The fourth-order valence-electron chi connectivity index (χ4n) is 3.89. The lowest BCUT2D eigenvalue weighted by Gasteiger charge is -2.35. The molecule has 120 valence electrons. The molecule has 2 saturated heterocycles. The van der Waals surface area contributed by atoms with Crippen LogP contribution in [-0.4, -0.2) is 30.4 Å². The molecule has 0 radical (unpaired) electrons. The first kappa shape index (κ1) is 15.5. The van der Waals surface area contributed by atoms with E-state index in [2.05, 4.69) is 41.4 Å². The highest BCUT2D eigenvalue weighted by atomic mass is 16.2. The third-order valence-corrected chi connectivity index (χ3v) is 5.11. The van der Waals surface area contributed by atoms with E-state index in [-0.39, 0.29) is 12.0 Å². The van der Waals surface area contributed by atoms with Crippen molar-refractivity contribution < 1.29 is 4.79 Å². The largest absolute Gasteiger partial charge is 0.335 e. The van der Waals surface area contributed by atoms with E-state index in [1.165, 1.54) is 24.0 Å². The van der Waals surface area contributed by atoms with Crippen molar-refractivity contribution in [1.29, 1.82) is 0 Å². The van der Waals surface area contributed by atoms with Crippen molar-refractivity contribution in [2.75, 3.05) is 19.6 Å². The molecule has 0 aliphatic carbocycles. The van der Waals surface area contributed by atoms with Gasteiger partial charge >= 0.3 is 0 Å². The molecule has 0 spiro atoms. The smallest absolute Gasteiger partial charge is 0.227 e. The molecule has 2 aliphatic heterocycles. The van der Waals surface area contributed by atoms with Crippen LogP contribution in [0.4, 0.5) is 0 Å². The molecule has 2 atom stereocenters. The van der Waals surface area contributed by atoms with Crippen molar-refractivity contribution in [3.63, 3.8) is 0 Å². The van der Waals surface area contributed by atoms with Gasteiger partial charge < -0.3 is 10.2 Å². The lowest BCUT2D eigenvalue weighted by molar-refractivity contribution is -0.138. The summed E-state index contributed by atoms with van der Waals surface area (Å²) in [4.78, 5) is 15.3. The van der Waals surface area contributed by atoms with Crippen molar-refractivity contribution in [3.8, 4) is 0 Å². The average molecular weight is 300 g/mol. The van der Waals surface area contributed by atoms with Crippen LogP contribution in [-0.2, 0) is 4.79 Å². The molecule has 3 heteroatoms. The highest BCUT2D eigenvalue weighted by molar-refractivity contribution is 5.79. The maximum Gasteiger partial charge on any atom is 0.227 e. The summed E-state index contributed by atoms with van der Waals surface area (Å²) in [6.45, 7) is 4.98. The molecular weight excluding hydrogens is 272 g/mol. The molecule has 0 saturated carbocycles. The summed E-state index contributed by atoms with van der Waals surface area (Å²) in [5.41, 5.74) is 2.60. The first-order valence-corrected chi connectivity index (χ1v) is 8.83. The molecule has 2 heterocycles. The van der Waals surface area contributed by atoms with Gasteiger partial charge in [0.25, 0.3) is 0 Å². The van der Waals surface area contributed by atoms with Crippen molar-refractivity contribution in [1.82, 2.24) is 10.2 Å². The molecule has 3 rings (SSSR count). The van der Waals surface area contributed by atoms with Gasteiger partial charge in [0.1, 0.15) is 0 Å². The Hall–Kier alpha value is -1.35. The van der Waals surface area contributed by atoms with Crippen LogP contribution in [0.3, 0.4) is 0 Å². The van der Waals surface area contributed by atoms with Gasteiger partial charge in [0.15, 0.2) is 0 Å². The summed E-state index contributed by atoms with van der Waals surface area (Å²) >= 11 is 0. The predicted molar refractivity (Wildman–Crippen MR) is 89.7 cm³/mol. The summed E-state index contributed by atoms with van der Waals surface area (Å²) in [5, 5.41) is 3.39. The second kappa shape index (κ2) is 7.28. The summed E-state index contributed by atoms with van der Waals surface area (Å²) in [6, 6.07) is 8.99. The number of rotatable bonds is 2. The highest BCUT2D eigenvalue weighted by Gasteiger charge is 2.32. The van der Waals surface area contributed by atoms with Gasteiger partial charge in [-0.2, -0.15) is 0 Å². The number of carbonyl (C=O) groups excluding carboxylic acids is 1. The van der Waals surface area contributed by atoms with Crippen LogP contribution in [0.15, 0.2) is 24.3 Å². The second-order valence-corrected chi connectivity index (χ2v) is 6.85. The van der Waals surface area contributed by atoms with E-state index in [1.807, 2.05) is 0 Å². The van der Waals surface area contributed by atoms with Gasteiger partial charge in [-0.3, -0.25) is 4.79 Å². The quantitative estimate of drug-likeness (QED) is 0.907. The van der Waals surface area contributed by atoms with Crippen LogP contribution < -0.4 is 5.32 Å². The fraction of sp³-hybridized carbons (Fsp3) is 0.632.